The average Bonchev–Trinajstić information content (AvgIpc) is 2.36. The van der Waals surface area contributed by atoms with Gasteiger partial charge in [-0.2, -0.15) is 0 Å². The van der Waals surface area contributed by atoms with Gasteiger partial charge in [0.15, 0.2) is 0 Å². The highest BCUT2D eigenvalue weighted by atomic mass is 16.3. The molecule has 0 aliphatic heterocycles. The Morgan fingerprint density at radius 3 is 2.70 bits per heavy atom. The first-order valence-corrected chi connectivity index (χ1v) is 7.94. The zero-order valence-corrected chi connectivity index (χ0v) is 13.4. The molecule has 0 aromatic rings. The molecule has 2 atom stereocenters. The fraction of sp³-hybridized carbons (Fsp3) is 0.938. The summed E-state index contributed by atoms with van der Waals surface area (Å²) in [4.78, 5) is 12.2. The van der Waals surface area contributed by atoms with Gasteiger partial charge >= 0.3 is 0 Å². The van der Waals surface area contributed by atoms with Crippen molar-refractivity contribution in [1.82, 2.24) is 5.32 Å². The van der Waals surface area contributed by atoms with E-state index in [1.54, 1.807) is 0 Å². The van der Waals surface area contributed by atoms with Gasteiger partial charge in [0.05, 0.1) is 12.1 Å². The van der Waals surface area contributed by atoms with E-state index >= 15 is 0 Å². The van der Waals surface area contributed by atoms with Crippen molar-refractivity contribution in [3.8, 4) is 0 Å². The number of amides is 1. The van der Waals surface area contributed by atoms with Gasteiger partial charge in [-0.3, -0.25) is 4.79 Å². The highest BCUT2D eigenvalue weighted by molar-refractivity contribution is 5.76. The molecule has 1 saturated carbocycles. The van der Waals surface area contributed by atoms with Gasteiger partial charge < -0.3 is 16.2 Å². The first kappa shape index (κ1) is 17.4. The van der Waals surface area contributed by atoms with Crippen LogP contribution >= 0.6 is 0 Å². The maximum Gasteiger partial charge on any atom is 0.220 e. The standard InChI is InChI=1S/C16H32N2O2/c1-13-5-4-7-16(11-13,12-19)18-14(20)6-8-15(2,3)9-10-17/h13,19H,4-12,17H2,1-3H3,(H,18,20). The molecule has 0 bridgehead atoms. The highest BCUT2D eigenvalue weighted by Crippen LogP contribution is 2.32. The summed E-state index contributed by atoms with van der Waals surface area (Å²) in [6, 6.07) is 0. The number of nitrogens with one attached hydrogen (secondary N) is 1. The second-order valence-electron chi connectivity index (χ2n) is 7.39. The van der Waals surface area contributed by atoms with Crippen molar-refractivity contribution in [2.75, 3.05) is 13.2 Å². The van der Waals surface area contributed by atoms with E-state index in [-0.39, 0.29) is 23.5 Å². The molecule has 0 aromatic carbocycles. The lowest BCUT2D eigenvalue weighted by atomic mass is 9.76. The van der Waals surface area contributed by atoms with Crippen LogP contribution in [0.15, 0.2) is 0 Å². The van der Waals surface area contributed by atoms with Crippen molar-refractivity contribution in [3.63, 3.8) is 0 Å². The topological polar surface area (TPSA) is 75.3 Å². The molecule has 1 amide bonds. The zero-order valence-electron chi connectivity index (χ0n) is 13.4. The third-order valence-electron chi connectivity index (χ3n) is 4.65. The average molecular weight is 284 g/mol. The molecule has 1 aliphatic rings. The fourth-order valence-corrected chi connectivity index (χ4v) is 3.28. The summed E-state index contributed by atoms with van der Waals surface area (Å²) in [5.41, 5.74) is 5.32. The summed E-state index contributed by atoms with van der Waals surface area (Å²) in [6.45, 7) is 7.21. The van der Waals surface area contributed by atoms with E-state index < -0.39 is 0 Å². The molecule has 4 heteroatoms. The van der Waals surface area contributed by atoms with E-state index in [4.69, 9.17) is 5.73 Å². The van der Waals surface area contributed by atoms with Crippen LogP contribution < -0.4 is 11.1 Å². The number of carbonyl (C=O) groups is 1. The van der Waals surface area contributed by atoms with Crippen molar-refractivity contribution in [1.29, 1.82) is 0 Å². The molecule has 4 nitrogen and oxygen atoms in total. The Morgan fingerprint density at radius 1 is 1.45 bits per heavy atom. The molecule has 0 spiro atoms. The number of hydrogen-bond acceptors (Lipinski definition) is 3. The summed E-state index contributed by atoms with van der Waals surface area (Å²) in [5.74, 6) is 0.642. The van der Waals surface area contributed by atoms with Gasteiger partial charge in [0, 0.05) is 6.42 Å². The number of rotatable bonds is 7. The minimum Gasteiger partial charge on any atom is -0.394 e. The smallest absolute Gasteiger partial charge is 0.220 e. The quantitative estimate of drug-likeness (QED) is 0.671. The Kier molecular flexibility index (Phi) is 6.46. The molecule has 4 N–H and O–H groups in total. The van der Waals surface area contributed by atoms with Gasteiger partial charge in [0.2, 0.25) is 5.91 Å². The Balaban J connectivity index is 2.47. The van der Waals surface area contributed by atoms with Gasteiger partial charge in [-0.1, -0.05) is 33.6 Å². The monoisotopic (exact) mass is 284 g/mol. The maximum atomic E-state index is 12.2. The molecule has 0 saturated heterocycles. The number of nitrogens with two attached hydrogens (primary N) is 1. The summed E-state index contributed by atoms with van der Waals surface area (Å²) in [5, 5.41) is 12.8. The van der Waals surface area contributed by atoms with Crippen molar-refractivity contribution in [2.24, 2.45) is 17.1 Å². The van der Waals surface area contributed by atoms with Crippen LogP contribution in [0.25, 0.3) is 0 Å². The first-order chi connectivity index (χ1) is 9.32. The van der Waals surface area contributed by atoms with E-state index in [0.717, 1.165) is 32.1 Å². The van der Waals surface area contributed by atoms with Crippen LogP contribution in [0.1, 0.15) is 65.7 Å². The van der Waals surface area contributed by atoms with E-state index in [9.17, 15) is 9.90 Å². The van der Waals surface area contributed by atoms with Crippen molar-refractivity contribution in [2.45, 2.75) is 71.3 Å². The van der Waals surface area contributed by atoms with Crippen LogP contribution in [0, 0.1) is 11.3 Å². The molecule has 1 fully saturated rings. The van der Waals surface area contributed by atoms with E-state index in [1.165, 1.54) is 6.42 Å². The van der Waals surface area contributed by atoms with Crippen LogP contribution in [0.4, 0.5) is 0 Å². The zero-order chi connectivity index (χ0) is 15.2. The van der Waals surface area contributed by atoms with Crippen molar-refractivity contribution >= 4 is 5.91 Å². The van der Waals surface area contributed by atoms with E-state index in [0.29, 0.717) is 18.9 Å². The summed E-state index contributed by atoms with van der Waals surface area (Å²) >= 11 is 0. The lowest BCUT2D eigenvalue weighted by Crippen LogP contribution is -2.53. The molecule has 0 heterocycles. The molecular weight excluding hydrogens is 252 g/mol. The molecule has 1 aliphatic carbocycles. The second-order valence-corrected chi connectivity index (χ2v) is 7.39. The molecular formula is C16H32N2O2. The Morgan fingerprint density at radius 2 is 2.15 bits per heavy atom. The maximum absolute atomic E-state index is 12.2. The largest absolute Gasteiger partial charge is 0.394 e. The molecule has 2 unspecified atom stereocenters. The SMILES string of the molecule is CC1CCCC(CO)(NC(=O)CCC(C)(C)CCN)C1. The van der Waals surface area contributed by atoms with E-state index in [1.807, 2.05) is 0 Å². The first-order valence-electron chi connectivity index (χ1n) is 7.94. The number of carbonyl (C=O) groups excluding carboxylic acids is 1. The lowest BCUT2D eigenvalue weighted by Gasteiger charge is -2.39. The van der Waals surface area contributed by atoms with Gasteiger partial charge in [-0.15, -0.1) is 0 Å². The Labute approximate surface area is 123 Å². The van der Waals surface area contributed by atoms with E-state index in [2.05, 4.69) is 26.1 Å². The van der Waals surface area contributed by atoms with Crippen LogP contribution in [0.3, 0.4) is 0 Å². The predicted octanol–water partition coefficient (Wildman–Crippen LogP) is 2.20. The summed E-state index contributed by atoms with van der Waals surface area (Å²) in [7, 11) is 0. The van der Waals surface area contributed by atoms with Crippen LogP contribution in [0.5, 0.6) is 0 Å². The molecule has 0 radical (unpaired) electrons. The van der Waals surface area contributed by atoms with Gasteiger partial charge in [-0.05, 0) is 43.6 Å². The molecule has 118 valence electrons. The normalized spacial score (nSPS) is 27.4. The highest BCUT2D eigenvalue weighted by Gasteiger charge is 2.35. The number of hydrogen-bond donors (Lipinski definition) is 3. The third kappa shape index (κ3) is 5.41. The molecule has 1 rings (SSSR count). The van der Waals surface area contributed by atoms with Crippen molar-refractivity contribution < 1.29 is 9.90 Å². The molecule has 0 aromatic heterocycles. The minimum absolute atomic E-state index is 0.0509. The second kappa shape index (κ2) is 7.41. The van der Waals surface area contributed by atoms with Gasteiger partial charge in [0.1, 0.15) is 0 Å². The van der Waals surface area contributed by atoms with Crippen LogP contribution in [0.2, 0.25) is 0 Å². The fourth-order valence-electron chi connectivity index (χ4n) is 3.28. The Bertz CT molecular complexity index is 318. The minimum atomic E-state index is -0.382. The third-order valence-corrected chi connectivity index (χ3v) is 4.65. The number of aliphatic hydroxyl groups is 1. The summed E-state index contributed by atoms with van der Waals surface area (Å²) in [6.07, 6.45) is 6.35. The predicted molar refractivity (Wildman–Crippen MR) is 82.3 cm³/mol. The lowest BCUT2D eigenvalue weighted by molar-refractivity contribution is -0.125. The molecule has 20 heavy (non-hydrogen) atoms. The summed E-state index contributed by atoms with van der Waals surface area (Å²) < 4.78 is 0. The van der Waals surface area contributed by atoms with Gasteiger partial charge in [0.25, 0.3) is 0 Å². The number of aliphatic hydroxyl groups excluding tert-OH is 1. The van der Waals surface area contributed by atoms with Crippen LogP contribution in [-0.4, -0.2) is 29.7 Å². The Hall–Kier alpha value is -0.610. The van der Waals surface area contributed by atoms with Gasteiger partial charge in [-0.25, -0.2) is 0 Å². The van der Waals surface area contributed by atoms with Crippen molar-refractivity contribution in [3.05, 3.63) is 0 Å². The van der Waals surface area contributed by atoms with Crippen LogP contribution in [-0.2, 0) is 4.79 Å².